The molecule has 1 N–H and O–H groups in total. The number of rotatable bonds is 5. The summed E-state index contributed by atoms with van der Waals surface area (Å²) in [5, 5.41) is 3.21. The summed E-state index contributed by atoms with van der Waals surface area (Å²) in [4.78, 5) is 0. The monoisotopic (exact) mass is 291 g/mol. The van der Waals surface area contributed by atoms with E-state index in [1.54, 1.807) is 7.11 Å². The van der Waals surface area contributed by atoms with Crippen LogP contribution in [0.25, 0.3) is 0 Å². The maximum Gasteiger partial charge on any atom is 0.128 e. The lowest BCUT2D eigenvalue weighted by Crippen LogP contribution is -2.24. The smallest absolute Gasteiger partial charge is 0.128 e. The van der Waals surface area contributed by atoms with Crippen molar-refractivity contribution in [2.24, 2.45) is 0 Å². The van der Waals surface area contributed by atoms with E-state index in [1.807, 2.05) is 32.0 Å². The highest BCUT2D eigenvalue weighted by Gasteiger charge is 2.19. The van der Waals surface area contributed by atoms with Gasteiger partial charge >= 0.3 is 0 Å². The van der Waals surface area contributed by atoms with E-state index < -0.39 is 17.7 Å². The minimum atomic E-state index is -0.444. The van der Waals surface area contributed by atoms with E-state index in [4.69, 9.17) is 4.74 Å². The third-order valence-electron chi connectivity index (χ3n) is 3.47. The molecule has 4 heteroatoms. The van der Waals surface area contributed by atoms with Gasteiger partial charge in [0.15, 0.2) is 0 Å². The van der Waals surface area contributed by atoms with Gasteiger partial charge in [-0.15, -0.1) is 0 Å². The lowest BCUT2D eigenvalue weighted by Gasteiger charge is -2.22. The Hall–Kier alpha value is -1.94. The van der Waals surface area contributed by atoms with E-state index in [1.165, 1.54) is 6.07 Å². The molecule has 1 unspecified atom stereocenters. The Morgan fingerprint density at radius 2 is 1.86 bits per heavy atom. The molecular weight excluding hydrogens is 272 g/mol. The first kappa shape index (κ1) is 15.4. The van der Waals surface area contributed by atoms with Crippen LogP contribution in [-0.2, 0) is 0 Å². The second kappa shape index (κ2) is 6.68. The molecule has 0 heterocycles. The van der Waals surface area contributed by atoms with E-state index >= 15 is 0 Å². The van der Waals surface area contributed by atoms with Crippen molar-refractivity contribution in [2.45, 2.75) is 19.9 Å². The standard InChI is InChI=1S/C17H19F2NO/c1-4-20-17(15-10-12(18)5-8-16(15)19)14-7-6-13(21-3)9-11(14)2/h5-10,17,20H,4H2,1-3H3. The van der Waals surface area contributed by atoms with Crippen LogP contribution in [0.5, 0.6) is 5.75 Å². The van der Waals surface area contributed by atoms with Crippen molar-refractivity contribution in [2.75, 3.05) is 13.7 Å². The molecule has 0 amide bonds. The van der Waals surface area contributed by atoms with Gasteiger partial charge in [-0.25, -0.2) is 8.78 Å². The number of ether oxygens (including phenoxy) is 1. The summed E-state index contributed by atoms with van der Waals surface area (Å²) in [7, 11) is 1.60. The number of benzene rings is 2. The van der Waals surface area contributed by atoms with Gasteiger partial charge < -0.3 is 10.1 Å². The van der Waals surface area contributed by atoms with Gasteiger partial charge in [0.25, 0.3) is 0 Å². The first-order valence-electron chi connectivity index (χ1n) is 6.89. The molecule has 21 heavy (non-hydrogen) atoms. The topological polar surface area (TPSA) is 21.3 Å². The van der Waals surface area contributed by atoms with Crippen LogP contribution in [0.3, 0.4) is 0 Å². The van der Waals surface area contributed by atoms with Crippen LogP contribution in [-0.4, -0.2) is 13.7 Å². The lowest BCUT2D eigenvalue weighted by atomic mass is 9.94. The van der Waals surface area contributed by atoms with Crippen LogP contribution in [0.4, 0.5) is 8.78 Å². The molecule has 0 saturated carbocycles. The average molecular weight is 291 g/mol. The number of hydrogen-bond acceptors (Lipinski definition) is 2. The zero-order valence-corrected chi connectivity index (χ0v) is 12.4. The van der Waals surface area contributed by atoms with Crippen molar-refractivity contribution in [1.29, 1.82) is 0 Å². The number of aryl methyl sites for hydroxylation is 1. The summed E-state index contributed by atoms with van der Waals surface area (Å²) in [6.07, 6.45) is 0. The molecule has 0 saturated heterocycles. The normalized spacial score (nSPS) is 12.2. The van der Waals surface area contributed by atoms with Crippen LogP contribution in [0.1, 0.15) is 29.7 Å². The fraction of sp³-hybridized carbons (Fsp3) is 0.294. The second-order valence-corrected chi connectivity index (χ2v) is 4.88. The molecule has 2 aromatic carbocycles. The second-order valence-electron chi connectivity index (χ2n) is 4.88. The molecule has 2 nitrogen and oxygen atoms in total. The van der Waals surface area contributed by atoms with E-state index in [0.717, 1.165) is 29.0 Å². The summed E-state index contributed by atoms with van der Waals surface area (Å²) in [6, 6.07) is 8.73. The maximum atomic E-state index is 14.1. The molecule has 2 rings (SSSR count). The van der Waals surface area contributed by atoms with E-state index in [9.17, 15) is 8.78 Å². The van der Waals surface area contributed by atoms with Crippen LogP contribution >= 0.6 is 0 Å². The van der Waals surface area contributed by atoms with Gasteiger partial charge in [-0.05, 0) is 54.9 Å². The number of nitrogens with one attached hydrogen (secondary N) is 1. The van der Waals surface area contributed by atoms with Crippen molar-refractivity contribution in [3.63, 3.8) is 0 Å². The van der Waals surface area contributed by atoms with Crippen LogP contribution in [0.2, 0.25) is 0 Å². The summed E-state index contributed by atoms with van der Waals surface area (Å²) < 4.78 is 32.7. The zero-order valence-electron chi connectivity index (χ0n) is 12.4. The molecule has 0 aliphatic carbocycles. The predicted octanol–water partition coefficient (Wildman–Crippen LogP) is 3.98. The molecule has 0 aromatic heterocycles. The maximum absolute atomic E-state index is 14.1. The summed E-state index contributed by atoms with van der Waals surface area (Å²) >= 11 is 0. The molecule has 0 fully saturated rings. The fourth-order valence-electron chi connectivity index (χ4n) is 2.43. The molecular formula is C17H19F2NO. The molecule has 0 radical (unpaired) electrons. The minimum Gasteiger partial charge on any atom is -0.497 e. The van der Waals surface area contributed by atoms with E-state index in [0.29, 0.717) is 12.1 Å². The Morgan fingerprint density at radius 3 is 2.48 bits per heavy atom. The number of hydrogen-bond donors (Lipinski definition) is 1. The summed E-state index contributed by atoms with van der Waals surface area (Å²) in [5.74, 6) is -0.121. The highest BCUT2D eigenvalue weighted by molar-refractivity contribution is 5.41. The van der Waals surface area contributed by atoms with Gasteiger partial charge in [0.05, 0.1) is 13.2 Å². The van der Waals surface area contributed by atoms with Gasteiger partial charge in [-0.1, -0.05) is 13.0 Å². The number of methoxy groups -OCH3 is 1. The Balaban J connectivity index is 2.50. The third-order valence-corrected chi connectivity index (χ3v) is 3.47. The zero-order chi connectivity index (χ0) is 15.4. The predicted molar refractivity (Wildman–Crippen MR) is 79.6 cm³/mol. The molecule has 0 aliphatic rings. The van der Waals surface area contributed by atoms with Gasteiger partial charge in [-0.3, -0.25) is 0 Å². The molecule has 0 aliphatic heterocycles. The first-order chi connectivity index (χ1) is 10.1. The molecule has 1 atom stereocenters. The molecule has 0 bridgehead atoms. The Labute approximate surface area is 123 Å². The highest BCUT2D eigenvalue weighted by atomic mass is 19.1. The summed E-state index contributed by atoms with van der Waals surface area (Å²) in [6.45, 7) is 4.51. The number of halogens is 2. The van der Waals surface area contributed by atoms with Crippen molar-refractivity contribution < 1.29 is 13.5 Å². The van der Waals surface area contributed by atoms with Crippen molar-refractivity contribution in [1.82, 2.24) is 5.32 Å². The van der Waals surface area contributed by atoms with Gasteiger partial charge in [0.1, 0.15) is 17.4 Å². The SMILES string of the molecule is CCNC(c1ccc(OC)cc1C)c1cc(F)ccc1F. The van der Waals surface area contributed by atoms with Gasteiger partial charge in [-0.2, -0.15) is 0 Å². The Bertz CT molecular complexity index is 628. The Kier molecular flexibility index (Phi) is 4.91. The minimum absolute atomic E-state index is 0.310. The average Bonchev–Trinajstić information content (AvgIpc) is 2.48. The third kappa shape index (κ3) is 3.39. The highest BCUT2D eigenvalue weighted by Crippen LogP contribution is 2.29. The lowest BCUT2D eigenvalue weighted by molar-refractivity contribution is 0.414. The largest absolute Gasteiger partial charge is 0.497 e. The van der Waals surface area contributed by atoms with E-state index in [2.05, 4.69) is 5.32 Å². The van der Waals surface area contributed by atoms with Crippen LogP contribution in [0, 0.1) is 18.6 Å². The van der Waals surface area contributed by atoms with Gasteiger partial charge in [0.2, 0.25) is 0 Å². The van der Waals surface area contributed by atoms with Crippen molar-refractivity contribution in [3.05, 3.63) is 64.7 Å². The van der Waals surface area contributed by atoms with Gasteiger partial charge in [0, 0.05) is 5.56 Å². The molecule has 2 aromatic rings. The fourth-order valence-corrected chi connectivity index (χ4v) is 2.43. The van der Waals surface area contributed by atoms with Crippen molar-refractivity contribution >= 4 is 0 Å². The summed E-state index contributed by atoms with van der Waals surface area (Å²) in [5.41, 5.74) is 2.18. The molecule has 112 valence electrons. The van der Waals surface area contributed by atoms with Crippen LogP contribution < -0.4 is 10.1 Å². The van der Waals surface area contributed by atoms with Crippen LogP contribution in [0.15, 0.2) is 36.4 Å². The Morgan fingerprint density at radius 1 is 1.10 bits per heavy atom. The first-order valence-corrected chi connectivity index (χ1v) is 6.89. The van der Waals surface area contributed by atoms with E-state index in [-0.39, 0.29) is 0 Å². The molecule has 0 spiro atoms. The van der Waals surface area contributed by atoms with Crippen molar-refractivity contribution in [3.8, 4) is 5.75 Å². The quantitative estimate of drug-likeness (QED) is 0.899.